The predicted octanol–water partition coefficient (Wildman–Crippen LogP) is 3.01. The van der Waals surface area contributed by atoms with Gasteiger partial charge in [-0.2, -0.15) is 5.10 Å². The van der Waals surface area contributed by atoms with E-state index in [2.05, 4.69) is 31.1 Å². The van der Waals surface area contributed by atoms with E-state index in [0.717, 1.165) is 24.1 Å². The maximum atomic E-state index is 12.6. The van der Waals surface area contributed by atoms with Gasteiger partial charge in [0.1, 0.15) is 0 Å². The second kappa shape index (κ2) is 8.10. The van der Waals surface area contributed by atoms with Crippen LogP contribution in [0.3, 0.4) is 0 Å². The number of hydrogen-bond acceptors (Lipinski definition) is 4. The Labute approximate surface area is 177 Å². The molecular formula is C20H19BrN4O3S. The number of carbonyl (C=O) groups excluding carboxylic acids is 1. The van der Waals surface area contributed by atoms with Crippen molar-refractivity contribution in [1.29, 1.82) is 0 Å². The molecule has 0 atom stereocenters. The highest BCUT2D eigenvalue weighted by molar-refractivity contribution is 9.10. The Morgan fingerprint density at radius 1 is 1.17 bits per heavy atom. The van der Waals surface area contributed by atoms with E-state index in [1.54, 1.807) is 16.9 Å². The lowest BCUT2D eigenvalue weighted by atomic mass is 10.2. The van der Waals surface area contributed by atoms with E-state index in [4.69, 9.17) is 0 Å². The van der Waals surface area contributed by atoms with Gasteiger partial charge < -0.3 is 5.32 Å². The molecule has 1 aromatic heterocycles. The van der Waals surface area contributed by atoms with Crippen molar-refractivity contribution >= 4 is 31.9 Å². The molecule has 1 fully saturated rings. The van der Waals surface area contributed by atoms with Gasteiger partial charge in [0, 0.05) is 28.8 Å². The monoisotopic (exact) mass is 474 g/mol. The van der Waals surface area contributed by atoms with Crippen LogP contribution in [0.2, 0.25) is 0 Å². The summed E-state index contributed by atoms with van der Waals surface area (Å²) in [6, 6.07) is 14.1. The molecule has 0 aliphatic heterocycles. The summed E-state index contributed by atoms with van der Waals surface area (Å²) in [6.07, 6.45) is 5.22. The van der Waals surface area contributed by atoms with E-state index in [0.29, 0.717) is 4.47 Å². The first-order valence-corrected chi connectivity index (χ1v) is 11.4. The number of aromatic nitrogens is 2. The molecule has 4 rings (SSSR count). The van der Waals surface area contributed by atoms with Crippen LogP contribution in [0, 0.1) is 0 Å². The minimum Gasteiger partial charge on any atom is -0.348 e. The molecule has 150 valence electrons. The average Bonchev–Trinajstić information content (AvgIpc) is 3.39. The molecular weight excluding hydrogens is 456 g/mol. The van der Waals surface area contributed by atoms with Gasteiger partial charge in [-0.15, -0.1) is 0 Å². The minimum absolute atomic E-state index is 0.00192. The number of carbonyl (C=O) groups is 1. The second-order valence-electron chi connectivity index (χ2n) is 6.85. The van der Waals surface area contributed by atoms with E-state index in [9.17, 15) is 13.2 Å². The smallest absolute Gasteiger partial charge is 0.252 e. The van der Waals surface area contributed by atoms with Crippen LogP contribution in [0.4, 0.5) is 0 Å². The number of amides is 1. The molecule has 1 aliphatic carbocycles. The van der Waals surface area contributed by atoms with Crippen LogP contribution in [0.1, 0.15) is 28.8 Å². The van der Waals surface area contributed by atoms with Crippen LogP contribution in [-0.2, 0) is 16.6 Å². The van der Waals surface area contributed by atoms with Crippen LogP contribution in [0.25, 0.3) is 5.69 Å². The summed E-state index contributed by atoms with van der Waals surface area (Å²) in [5.74, 6) is -0.368. The number of nitrogens with zero attached hydrogens (tertiary/aromatic N) is 2. The number of hydrogen-bond donors (Lipinski definition) is 2. The molecule has 1 amide bonds. The third kappa shape index (κ3) is 4.75. The van der Waals surface area contributed by atoms with E-state index >= 15 is 0 Å². The fourth-order valence-electron chi connectivity index (χ4n) is 2.79. The van der Waals surface area contributed by atoms with Crippen molar-refractivity contribution in [2.24, 2.45) is 0 Å². The highest BCUT2D eigenvalue weighted by Gasteiger charge is 2.28. The molecule has 2 N–H and O–H groups in total. The molecule has 7 nitrogen and oxygen atoms in total. The summed E-state index contributed by atoms with van der Waals surface area (Å²) in [6.45, 7) is 0.273. The van der Waals surface area contributed by atoms with Crippen LogP contribution in [0.5, 0.6) is 0 Å². The number of sulfonamides is 1. The van der Waals surface area contributed by atoms with Crippen molar-refractivity contribution in [2.75, 3.05) is 0 Å². The summed E-state index contributed by atoms with van der Waals surface area (Å²) in [7, 11) is -3.63. The van der Waals surface area contributed by atoms with Crippen molar-refractivity contribution in [1.82, 2.24) is 19.8 Å². The summed E-state index contributed by atoms with van der Waals surface area (Å²) in [5.41, 5.74) is 2.02. The molecule has 0 bridgehead atoms. The first-order valence-electron chi connectivity index (χ1n) is 9.11. The van der Waals surface area contributed by atoms with Crippen molar-refractivity contribution < 1.29 is 13.2 Å². The third-order valence-corrected chi connectivity index (χ3v) is 6.71. The number of para-hydroxylation sites is 1. The van der Waals surface area contributed by atoms with Crippen molar-refractivity contribution in [3.8, 4) is 5.69 Å². The summed E-state index contributed by atoms with van der Waals surface area (Å²) in [4.78, 5) is 12.7. The van der Waals surface area contributed by atoms with Crippen LogP contribution >= 0.6 is 15.9 Å². The van der Waals surface area contributed by atoms with Crippen molar-refractivity contribution in [3.63, 3.8) is 0 Å². The molecule has 0 radical (unpaired) electrons. The lowest BCUT2D eigenvalue weighted by Gasteiger charge is -2.10. The van der Waals surface area contributed by atoms with Gasteiger partial charge in [0.05, 0.1) is 22.3 Å². The summed E-state index contributed by atoms with van der Waals surface area (Å²) in [5, 5.41) is 7.12. The molecule has 29 heavy (non-hydrogen) atoms. The van der Waals surface area contributed by atoms with Crippen LogP contribution < -0.4 is 10.0 Å². The van der Waals surface area contributed by atoms with Crippen molar-refractivity contribution in [3.05, 3.63) is 76.5 Å². The van der Waals surface area contributed by atoms with Crippen LogP contribution in [0.15, 0.2) is 70.3 Å². The number of nitrogens with one attached hydrogen (secondary N) is 2. The topological polar surface area (TPSA) is 93.1 Å². The van der Waals surface area contributed by atoms with Gasteiger partial charge in [0.15, 0.2) is 0 Å². The molecule has 1 aliphatic rings. The van der Waals surface area contributed by atoms with E-state index in [1.807, 2.05) is 36.5 Å². The lowest BCUT2D eigenvalue weighted by Crippen LogP contribution is -2.27. The van der Waals surface area contributed by atoms with Gasteiger partial charge >= 0.3 is 0 Å². The van der Waals surface area contributed by atoms with Crippen molar-refractivity contribution in [2.45, 2.75) is 30.3 Å². The molecule has 0 unspecified atom stereocenters. The Morgan fingerprint density at radius 2 is 1.93 bits per heavy atom. The standard InChI is InChI=1S/C20H19BrN4O3S/c21-19-9-8-17(29(27,28)24-15-6-7-15)10-18(19)20(26)22-11-14-12-23-25(13-14)16-4-2-1-3-5-16/h1-5,8-10,12-13,15,24H,6-7,11H2,(H,22,26). The third-order valence-electron chi connectivity index (χ3n) is 4.50. The van der Waals surface area contributed by atoms with Crippen LogP contribution in [-0.4, -0.2) is 30.1 Å². The number of halogens is 1. The first kappa shape index (κ1) is 19.8. The Balaban J connectivity index is 1.46. The largest absolute Gasteiger partial charge is 0.348 e. The zero-order valence-electron chi connectivity index (χ0n) is 15.4. The molecule has 2 aromatic carbocycles. The molecule has 3 aromatic rings. The lowest BCUT2D eigenvalue weighted by molar-refractivity contribution is 0.0950. The predicted molar refractivity (Wildman–Crippen MR) is 112 cm³/mol. The Hall–Kier alpha value is -2.49. The Bertz CT molecular complexity index is 1140. The van der Waals surface area contributed by atoms with Gasteiger partial charge in [0.2, 0.25) is 10.0 Å². The maximum absolute atomic E-state index is 12.6. The van der Waals surface area contributed by atoms with Gasteiger partial charge in [0.25, 0.3) is 5.91 Å². The second-order valence-corrected chi connectivity index (χ2v) is 9.42. The van der Waals surface area contributed by atoms with E-state index in [1.165, 1.54) is 12.1 Å². The van der Waals surface area contributed by atoms with Gasteiger partial charge in [-0.25, -0.2) is 17.8 Å². The fourth-order valence-corrected chi connectivity index (χ4v) is 4.54. The van der Waals surface area contributed by atoms with E-state index < -0.39 is 10.0 Å². The molecule has 9 heteroatoms. The maximum Gasteiger partial charge on any atom is 0.252 e. The molecule has 0 spiro atoms. The highest BCUT2D eigenvalue weighted by Crippen LogP contribution is 2.25. The Morgan fingerprint density at radius 3 is 2.66 bits per heavy atom. The minimum atomic E-state index is -3.63. The fraction of sp³-hybridized carbons (Fsp3) is 0.200. The van der Waals surface area contributed by atoms with E-state index in [-0.39, 0.29) is 29.0 Å². The molecule has 1 heterocycles. The molecule has 1 saturated carbocycles. The average molecular weight is 475 g/mol. The zero-order chi connectivity index (χ0) is 20.4. The number of benzene rings is 2. The molecule has 0 saturated heterocycles. The van der Waals surface area contributed by atoms with Gasteiger partial charge in [-0.3, -0.25) is 4.79 Å². The summed E-state index contributed by atoms with van der Waals surface area (Å²) >= 11 is 3.33. The van der Waals surface area contributed by atoms with Gasteiger partial charge in [-0.1, -0.05) is 18.2 Å². The van der Waals surface area contributed by atoms with Gasteiger partial charge in [-0.05, 0) is 59.1 Å². The highest BCUT2D eigenvalue weighted by atomic mass is 79.9. The number of rotatable bonds is 7. The first-order chi connectivity index (χ1) is 13.9. The normalized spacial score (nSPS) is 14.0. The summed E-state index contributed by atoms with van der Waals surface area (Å²) < 4.78 is 29.7. The quantitative estimate of drug-likeness (QED) is 0.550. The SMILES string of the molecule is O=C(NCc1cnn(-c2ccccc2)c1)c1cc(S(=O)(=O)NC2CC2)ccc1Br. The zero-order valence-corrected chi connectivity index (χ0v) is 17.8. The Kier molecular flexibility index (Phi) is 5.53.